The fourth-order valence-electron chi connectivity index (χ4n) is 8.23. The lowest BCUT2D eigenvalue weighted by atomic mass is 9.99. The minimum atomic E-state index is -1.86. The largest absolute Gasteiger partial charge is 0.479 e. The van der Waals surface area contributed by atoms with Gasteiger partial charge in [-0.2, -0.15) is 0 Å². The quantitative estimate of drug-likeness (QED) is 0.0261. The van der Waals surface area contributed by atoms with Crippen molar-refractivity contribution in [2.24, 2.45) is 0 Å². The first kappa shape index (κ1) is 59.0. The number of carbonyl (C=O) groups excluding carboxylic acids is 2. The Balaban J connectivity index is 2.28. The molecule has 370 valence electrons. The molecule has 0 bridgehead atoms. The fourth-order valence-corrected chi connectivity index (χ4v) is 8.23. The zero-order valence-corrected chi connectivity index (χ0v) is 40.3. The van der Waals surface area contributed by atoms with Gasteiger partial charge in [-0.3, -0.25) is 9.59 Å². The van der Waals surface area contributed by atoms with E-state index < -0.39 is 54.7 Å². The molecule has 0 spiro atoms. The maximum atomic E-state index is 12.8. The molecule has 0 radical (unpaired) electrons. The second-order valence-electron chi connectivity index (χ2n) is 18.4. The zero-order chi connectivity index (χ0) is 46.0. The Kier molecular flexibility index (Phi) is 39.9. The Morgan fingerprint density at radius 3 is 1.24 bits per heavy atom. The number of unbranched alkanes of at least 4 members (excludes halogenated alkanes) is 32. The van der Waals surface area contributed by atoms with E-state index >= 15 is 0 Å². The van der Waals surface area contributed by atoms with Gasteiger partial charge in [0.15, 0.2) is 18.5 Å². The lowest BCUT2D eigenvalue weighted by Gasteiger charge is -2.38. The molecule has 1 heterocycles. The van der Waals surface area contributed by atoms with Crippen LogP contribution < -0.4 is 0 Å². The second-order valence-corrected chi connectivity index (χ2v) is 18.4. The Labute approximate surface area is 384 Å². The SMILES string of the molecule is CCCCCCCC/C=C\CCCCCCCCCCCC(=O)OCC(COC1OC(C(=O)O)C(O)C(O)C1O)OC(=O)CCCCCCCCCCCCCCCCCCCC. The summed E-state index contributed by atoms with van der Waals surface area (Å²) in [6.45, 7) is 3.85. The molecule has 6 atom stereocenters. The highest BCUT2D eigenvalue weighted by molar-refractivity contribution is 5.73. The van der Waals surface area contributed by atoms with Crippen LogP contribution in [0.5, 0.6) is 0 Å². The van der Waals surface area contributed by atoms with Crippen LogP contribution in [0.4, 0.5) is 0 Å². The molecule has 0 saturated carbocycles. The van der Waals surface area contributed by atoms with E-state index in [0.717, 1.165) is 38.5 Å². The molecule has 0 aliphatic carbocycles. The predicted octanol–water partition coefficient (Wildman–Crippen LogP) is 12.4. The van der Waals surface area contributed by atoms with Gasteiger partial charge in [-0.25, -0.2) is 4.79 Å². The number of allylic oxidation sites excluding steroid dienone is 2. The average Bonchev–Trinajstić information content (AvgIpc) is 3.27. The zero-order valence-electron chi connectivity index (χ0n) is 40.3. The number of esters is 2. The third kappa shape index (κ3) is 34.0. The topological polar surface area (TPSA) is 169 Å². The van der Waals surface area contributed by atoms with Gasteiger partial charge in [0.25, 0.3) is 0 Å². The third-order valence-electron chi connectivity index (χ3n) is 12.4. The normalized spacial score (nSPS) is 19.4. The van der Waals surface area contributed by atoms with Crippen molar-refractivity contribution in [3.05, 3.63) is 12.2 Å². The van der Waals surface area contributed by atoms with Crippen molar-refractivity contribution in [1.29, 1.82) is 0 Å². The summed E-state index contributed by atoms with van der Waals surface area (Å²) in [6, 6.07) is 0. The molecule has 11 heteroatoms. The average molecular weight is 897 g/mol. The molecule has 0 amide bonds. The Morgan fingerprint density at radius 2 is 0.841 bits per heavy atom. The summed E-state index contributed by atoms with van der Waals surface area (Å²) in [5, 5.41) is 39.9. The molecule has 0 aromatic heterocycles. The number of rotatable bonds is 45. The summed E-state index contributed by atoms with van der Waals surface area (Å²) < 4.78 is 21.8. The smallest absolute Gasteiger partial charge is 0.335 e. The van der Waals surface area contributed by atoms with Crippen molar-refractivity contribution in [3.8, 4) is 0 Å². The van der Waals surface area contributed by atoms with Gasteiger partial charge in [-0.15, -0.1) is 0 Å². The van der Waals surface area contributed by atoms with Gasteiger partial charge in [-0.05, 0) is 38.5 Å². The minimum absolute atomic E-state index is 0.189. The molecule has 11 nitrogen and oxygen atoms in total. The number of carboxylic acids is 1. The number of ether oxygens (including phenoxy) is 4. The molecule has 1 rings (SSSR count). The van der Waals surface area contributed by atoms with Gasteiger partial charge < -0.3 is 39.4 Å². The summed E-state index contributed by atoms with van der Waals surface area (Å²) in [6.07, 6.45) is 38.3. The summed E-state index contributed by atoms with van der Waals surface area (Å²) >= 11 is 0. The molecule has 6 unspecified atom stereocenters. The molecule has 1 saturated heterocycles. The van der Waals surface area contributed by atoms with E-state index in [-0.39, 0.29) is 26.1 Å². The number of aliphatic hydroxyl groups is 3. The highest BCUT2D eigenvalue weighted by Gasteiger charge is 2.47. The summed E-state index contributed by atoms with van der Waals surface area (Å²) in [7, 11) is 0. The molecule has 1 aliphatic rings. The summed E-state index contributed by atoms with van der Waals surface area (Å²) in [5.41, 5.74) is 0. The summed E-state index contributed by atoms with van der Waals surface area (Å²) in [4.78, 5) is 37.0. The standard InChI is InChI=1S/C52H96O11/c1-3-5-7-9-11-13-15-17-19-21-23-25-26-28-30-32-34-36-38-40-45(53)60-42-44(43-61-52-49(57)47(55)48(56)50(63-52)51(58)59)62-46(54)41-39-37-35-33-31-29-27-24-22-20-18-16-14-12-10-8-6-4-2/h17,19,44,47-50,52,55-57H,3-16,18,20-43H2,1-2H3,(H,58,59)/b19-17-. The lowest BCUT2D eigenvalue weighted by Crippen LogP contribution is -2.60. The van der Waals surface area contributed by atoms with Crippen molar-refractivity contribution in [1.82, 2.24) is 0 Å². The van der Waals surface area contributed by atoms with Crippen molar-refractivity contribution in [3.63, 3.8) is 0 Å². The van der Waals surface area contributed by atoms with E-state index in [1.807, 2.05) is 0 Å². The molecule has 0 aromatic carbocycles. The number of carboxylic acid groups (broad SMARTS) is 1. The van der Waals surface area contributed by atoms with Gasteiger partial charge in [0.2, 0.25) is 0 Å². The summed E-state index contributed by atoms with van der Waals surface area (Å²) in [5.74, 6) is -2.43. The number of aliphatic carboxylic acids is 1. The number of carbonyl (C=O) groups is 3. The molecule has 1 aliphatic heterocycles. The molecular formula is C52H96O11. The maximum Gasteiger partial charge on any atom is 0.335 e. The Hall–Kier alpha value is -2.05. The van der Waals surface area contributed by atoms with Crippen LogP contribution in [-0.4, -0.2) is 88.4 Å². The number of hydrogen-bond acceptors (Lipinski definition) is 10. The van der Waals surface area contributed by atoms with Crippen molar-refractivity contribution >= 4 is 17.9 Å². The molecule has 0 aromatic rings. The number of aliphatic hydroxyl groups excluding tert-OH is 3. The first-order valence-electron chi connectivity index (χ1n) is 26.2. The minimum Gasteiger partial charge on any atom is -0.479 e. The van der Waals surface area contributed by atoms with E-state index in [4.69, 9.17) is 18.9 Å². The molecule has 1 fully saturated rings. The van der Waals surface area contributed by atoms with E-state index in [1.54, 1.807) is 0 Å². The Morgan fingerprint density at radius 1 is 0.476 bits per heavy atom. The highest BCUT2D eigenvalue weighted by Crippen LogP contribution is 2.23. The van der Waals surface area contributed by atoms with Crippen LogP contribution >= 0.6 is 0 Å². The van der Waals surface area contributed by atoms with Crippen LogP contribution in [-0.2, 0) is 33.3 Å². The second kappa shape index (κ2) is 42.6. The fraction of sp³-hybridized carbons (Fsp3) is 0.904. The predicted molar refractivity (Wildman–Crippen MR) is 252 cm³/mol. The van der Waals surface area contributed by atoms with Gasteiger partial charge in [0.1, 0.15) is 24.9 Å². The van der Waals surface area contributed by atoms with Crippen LogP contribution in [0.15, 0.2) is 12.2 Å². The van der Waals surface area contributed by atoms with Crippen molar-refractivity contribution in [2.75, 3.05) is 13.2 Å². The van der Waals surface area contributed by atoms with E-state index in [0.29, 0.717) is 12.8 Å². The van der Waals surface area contributed by atoms with Crippen LogP contribution in [0.25, 0.3) is 0 Å². The maximum absolute atomic E-state index is 12.8. The van der Waals surface area contributed by atoms with Gasteiger partial charge in [0, 0.05) is 12.8 Å². The molecule has 4 N–H and O–H groups in total. The van der Waals surface area contributed by atoms with Crippen LogP contribution in [0.1, 0.15) is 251 Å². The van der Waals surface area contributed by atoms with E-state index in [1.165, 1.54) is 173 Å². The van der Waals surface area contributed by atoms with E-state index in [9.17, 15) is 34.8 Å². The van der Waals surface area contributed by atoms with Crippen molar-refractivity contribution < 1.29 is 53.8 Å². The van der Waals surface area contributed by atoms with Gasteiger partial charge in [0.05, 0.1) is 6.61 Å². The third-order valence-corrected chi connectivity index (χ3v) is 12.4. The molecular weight excluding hydrogens is 801 g/mol. The van der Waals surface area contributed by atoms with Gasteiger partial charge >= 0.3 is 17.9 Å². The molecule has 63 heavy (non-hydrogen) atoms. The number of hydrogen-bond donors (Lipinski definition) is 4. The first-order valence-corrected chi connectivity index (χ1v) is 26.2. The van der Waals surface area contributed by atoms with E-state index in [2.05, 4.69) is 26.0 Å². The van der Waals surface area contributed by atoms with Gasteiger partial charge in [-0.1, -0.05) is 212 Å². The first-order chi connectivity index (χ1) is 30.7. The van der Waals surface area contributed by atoms with Crippen molar-refractivity contribution in [2.45, 2.75) is 288 Å². The monoisotopic (exact) mass is 897 g/mol. The lowest BCUT2D eigenvalue weighted by molar-refractivity contribution is -0.298. The highest BCUT2D eigenvalue weighted by atomic mass is 16.7. The Bertz CT molecular complexity index is 1100. The van der Waals surface area contributed by atoms with Crippen LogP contribution in [0, 0.1) is 0 Å². The van der Waals surface area contributed by atoms with Crippen LogP contribution in [0.3, 0.4) is 0 Å². The van der Waals surface area contributed by atoms with Crippen LogP contribution in [0.2, 0.25) is 0 Å².